The fraction of sp³-hybridized carbons (Fsp3) is 0.348. The van der Waals surface area contributed by atoms with E-state index in [2.05, 4.69) is 21.3 Å². The van der Waals surface area contributed by atoms with Crippen LogP contribution in [0.4, 0.5) is 25.0 Å². The van der Waals surface area contributed by atoms with Crippen LogP contribution >= 0.6 is 0 Å². The van der Waals surface area contributed by atoms with Crippen molar-refractivity contribution >= 4 is 52.8 Å². The van der Waals surface area contributed by atoms with Gasteiger partial charge in [-0.1, -0.05) is 51.1 Å². The Hall–Kier alpha value is -7.32. The highest BCUT2D eigenvalue weighted by molar-refractivity contribution is 6.28. The number of hydrogen-bond acceptors (Lipinski definition) is 10. The number of carbonyl (C=O) groups excluding carboxylic acids is 7. The molecule has 0 saturated carbocycles. The predicted octanol–water partition coefficient (Wildman–Crippen LogP) is 3.01. The van der Waals surface area contributed by atoms with Crippen LogP contribution in [0, 0.1) is 17.0 Å². The maximum Gasteiger partial charge on any atom is 0.312 e. The van der Waals surface area contributed by atoms with E-state index in [9.17, 15) is 43.1 Å². The van der Waals surface area contributed by atoms with Crippen molar-refractivity contribution in [3.8, 4) is 11.3 Å². The van der Waals surface area contributed by atoms with Crippen LogP contribution in [-0.4, -0.2) is 98.9 Å². The molecule has 350 valence electrons. The molecule has 8 amide bonds. The molecule has 0 aliphatic carbocycles. The summed E-state index contributed by atoms with van der Waals surface area (Å²) in [5.74, 6) is -5.03. The lowest BCUT2D eigenvalue weighted by molar-refractivity contribution is -0.140. The van der Waals surface area contributed by atoms with E-state index in [0.29, 0.717) is 5.82 Å². The minimum Gasteiger partial charge on any atom is -0.387 e. The van der Waals surface area contributed by atoms with Gasteiger partial charge in [-0.2, -0.15) is 0 Å². The van der Waals surface area contributed by atoms with Gasteiger partial charge in [0.1, 0.15) is 36.1 Å². The number of carbonyl (C=O) groups is 7. The molecule has 1 aliphatic rings. The number of hydrogen-bond donors (Lipinski definition) is 7. The van der Waals surface area contributed by atoms with Gasteiger partial charge in [0.15, 0.2) is 0 Å². The number of nitrogens with two attached hydrogens (primary N) is 2. The molecule has 66 heavy (non-hydrogen) atoms. The van der Waals surface area contributed by atoms with Gasteiger partial charge in [-0.3, -0.25) is 28.8 Å². The topological polar surface area (TPSA) is 264 Å². The molecule has 20 heteroatoms. The zero-order valence-corrected chi connectivity index (χ0v) is 36.9. The lowest BCUT2D eigenvalue weighted by Crippen LogP contribution is -2.54. The molecule has 0 spiro atoms. The second kappa shape index (κ2) is 22.0. The fourth-order valence-electron chi connectivity index (χ4n) is 7.32. The summed E-state index contributed by atoms with van der Waals surface area (Å²) >= 11 is 0. The van der Waals surface area contributed by atoms with Gasteiger partial charge >= 0.3 is 6.03 Å². The van der Waals surface area contributed by atoms with Crippen molar-refractivity contribution in [1.82, 2.24) is 30.4 Å². The molecule has 0 radical (unpaired) electrons. The molecule has 3 aromatic carbocycles. The van der Waals surface area contributed by atoms with Gasteiger partial charge in [0, 0.05) is 49.2 Å². The van der Waals surface area contributed by atoms with Crippen LogP contribution in [-0.2, 0) is 35.3 Å². The molecule has 4 atom stereocenters. The zero-order chi connectivity index (χ0) is 48.3. The summed E-state index contributed by atoms with van der Waals surface area (Å²) in [5, 5.41) is 20.4. The number of urea groups is 1. The van der Waals surface area contributed by atoms with Crippen molar-refractivity contribution in [1.29, 1.82) is 0 Å². The number of amides is 8. The summed E-state index contributed by atoms with van der Waals surface area (Å²) in [7, 11) is 0. The van der Waals surface area contributed by atoms with Crippen LogP contribution < -0.4 is 37.6 Å². The number of aliphatic hydroxyl groups excluding tert-OH is 1. The third-order valence-corrected chi connectivity index (χ3v) is 10.6. The second-order valence-corrected chi connectivity index (χ2v) is 16.7. The zero-order valence-electron chi connectivity index (χ0n) is 36.9. The highest BCUT2D eigenvalue weighted by Crippen LogP contribution is 2.39. The van der Waals surface area contributed by atoms with E-state index in [4.69, 9.17) is 16.5 Å². The molecule has 9 N–H and O–H groups in total. The Bertz CT molecular complexity index is 2440. The minimum absolute atomic E-state index is 0.0322. The van der Waals surface area contributed by atoms with E-state index >= 15 is 4.39 Å². The standard InChI is InChI=1S/C46H54F2N10O8/c1-27(42(63)55-35(11-8-21-51-45(50)66)44(65)53-30-13-15-31(16-14-30)58-37(60)18-19-38(58)61)52-43(64)34(49)20-22-57(39(62)26-59)40(46(2,3)4)41-54-36(32-23-29(47)12-17-33(32)48)25-56(41)24-28-9-6-5-7-10-28/h5-7,9-10,12-19,23,25,27,34-35,40,59H,8,11,20-22,24,26,49H2,1-4H3,(H,52,64)(H,53,65)(H,55,63)(H3,50,51,66)/t27?,34?,35-,40?/m0/s1. The Balaban J connectivity index is 1.29. The van der Waals surface area contributed by atoms with Crippen LogP contribution in [0.2, 0.25) is 0 Å². The first-order valence-electron chi connectivity index (χ1n) is 21.1. The number of primary amides is 1. The van der Waals surface area contributed by atoms with Gasteiger partial charge in [-0.25, -0.2) is 23.5 Å². The number of imidazole rings is 1. The maximum absolute atomic E-state index is 15.1. The molecule has 1 aliphatic heterocycles. The molecule has 0 fully saturated rings. The summed E-state index contributed by atoms with van der Waals surface area (Å²) in [4.78, 5) is 96.5. The van der Waals surface area contributed by atoms with E-state index in [1.165, 1.54) is 36.1 Å². The quantitative estimate of drug-likeness (QED) is 0.0504. The van der Waals surface area contributed by atoms with Crippen molar-refractivity contribution in [2.75, 3.05) is 29.9 Å². The van der Waals surface area contributed by atoms with Gasteiger partial charge in [0.05, 0.1) is 23.5 Å². The van der Waals surface area contributed by atoms with Crippen LogP contribution in [0.3, 0.4) is 0 Å². The number of halogens is 2. The molecule has 2 heterocycles. The molecular weight excluding hydrogens is 859 g/mol. The van der Waals surface area contributed by atoms with E-state index in [1.807, 2.05) is 51.1 Å². The molecular formula is C46H54F2N10O8. The summed E-state index contributed by atoms with van der Waals surface area (Å²) in [6.07, 6.45) is 3.93. The Labute approximate surface area is 379 Å². The second-order valence-electron chi connectivity index (χ2n) is 16.7. The number of benzene rings is 3. The SMILES string of the molecule is CC(NC(=O)C(N)CCN(C(=O)CO)C(c1nc(-c2cc(F)ccc2F)cn1Cc1ccccc1)C(C)(C)C)C(=O)N[C@@H](CCCNC(N)=O)C(=O)Nc1ccc(N2C(=O)C=CC2=O)cc1. The average molecular weight is 913 g/mol. The lowest BCUT2D eigenvalue weighted by Gasteiger charge is -2.40. The molecule has 18 nitrogen and oxygen atoms in total. The van der Waals surface area contributed by atoms with Crippen LogP contribution in [0.1, 0.15) is 64.4 Å². The van der Waals surface area contributed by atoms with Gasteiger partial charge in [-0.15, -0.1) is 0 Å². The molecule has 1 aromatic heterocycles. The van der Waals surface area contributed by atoms with Crippen molar-refractivity contribution in [3.63, 3.8) is 0 Å². The summed E-state index contributed by atoms with van der Waals surface area (Å²) in [6, 6.07) is 12.8. The number of rotatable bonds is 20. The minimum atomic E-state index is -1.29. The van der Waals surface area contributed by atoms with Crippen molar-refractivity contribution in [3.05, 3.63) is 114 Å². The number of aliphatic hydroxyl groups is 1. The van der Waals surface area contributed by atoms with Gasteiger partial charge in [0.2, 0.25) is 23.6 Å². The van der Waals surface area contributed by atoms with Crippen molar-refractivity contribution < 1.29 is 47.4 Å². The normalized spacial score (nSPS) is 14.3. The third-order valence-electron chi connectivity index (χ3n) is 10.6. The molecule has 4 aromatic rings. The van der Waals surface area contributed by atoms with E-state index in [1.54, 1.807) is 10.8 Å². The first-order chi connectivity index (χ1) is 31.3. The summed E-state index contributed by atoms with van der Waals surface area (Å²) in [6.45, 7) is 6.12. The van der Waals surface area contributed by atoms with Gasteiger partial charge in [-0.05, 0) is 79.6 Å². The Morgan fingerprint density at radius 3 is 2.17 bits per heavy atom. The highest BCUT2D eigenvalue weighted by atomic mass is 19.1. The average Bonchev–Trinajstić information content (AvgIpc) is 3.84. The largest absolute Gasteiger partial charge is 0.387 e. The van der Waals surface area contributed by atoms with Crippen LogP contribution in [0.25, 0.3) is 11.3 Å². The smallest absolute Gasteiger partial charge is 0.312 e. The maximum atomic E-state index is 15.1. The number of anilines is 2. The fourth-order valence-corrected chi connectivity index (χ4v) is 7.32. The monoisotopic (exact) mass is 912 g/mol. The Kier molecular flexibility index (Phi) is 16.6. The lowest BCUT2D eigenvalue weighted by atomic mass is 9.84. The highest BCUT2D eigenvalue weighted by Gasteiger charge is 2.39. The number of imide groups is 1. The summed E-state index contributed by atoms with van der Waals surface area (Å²) in [5.41, 5.74) is 12.1. The molecule has 0 saturated heterocycles. The van der Waals surface area contributed by atoms with Gasteiger partial charge < -0.3 is 47.3 Å². The van der Waals surface area contributed by atoms with E-state index in [-0.39, 0.29) is 61.5 Å². The molecule has 3 unspecified atom stereocenters. The van der Waals surface area contributed by atoms with Gasteiger partial charge in [0.25, 0.3) is 11.8 Å². The molecule has 0 bridgehead atoms. The van der Waals surface area contributed by atoms with E-state index < -0.39 is 89.3 Å². The first-order valence-corrected chi connectivity index (χ1v) is 21.1. The Morgan fingerprint density at radius 1 is 0.879 bits per heavy atom. The van der Waals surface area contributed by atoms with E-state index in [0.717, 1.165) is 40.8 Å². The third kappa shape index (κ3) is 12.9. The Morgan fingerprint density at radius 2 is 1.55 bits per heavy atom. The van der Waals surface area contributed by atoms with Crippen LogP contribution in [0.15, 0.2) is 91.1 Å². The molecule has 5 rings (SSSR count). The number of nitrogens with zero attached hydrogens (tertiary/aromatic N) is 4. The number of nitrogens with one attached hydrogen (secondary N) is 4. The van der Waals surface area contributed by atoms with Crippen molar-refractivity contribution in [2.45, 2.75) is 77.7 Å². The van der Waals surface area contributed by atoms with Crippen LogP contribution in [0.5, 0.6) is 0 Å². The van der Waals surface area contributed by atoms with Crippen molar-refractivity contribution in [2.24, 2.45) is 16.9 Å². The first kappa shape index (κ1) is 49.7. The summed E-state index contributed by atoms with van der Waals surface area (Å²) < 4.78 is 31.2. The predicted molar refractivity (Wildman–Crippen MR) is 240 cm³/mol. The number of aromatic nitrogens is 2.